The molecule has 4 aliphatic rings. The molecule has 128 valence electrons. The molecular formula is C20H30O3. The summed E-state index contributed by atoms with van der Waals surface area (Å²) in [6, 6.07) is 0. The Morgan fingerprint density at radius 1 is 1.13 bits per heavy atom. The molecule has 0 amide bonds. The number of aliphatic hydroxyl groups is 2. The van der Waals surface area contributed by atoms with Gasteiger partial charge in [0.05, 0.1) is 11.7 Å². The summed E-state index contributed by atoms with van der Waals surface area (Å²) < 4.78 is 0. The molecule has 3 fully saturated rings. The lowest BCUT2D eigenvalue weighted by molar-refractivity contribution is -0.151. The van der Waals surface area contributed by atoms with Crippen LogP contribution in [0.5, 0.6) is 0 Å². The first-order chi connectivity index (χ1) is 10.7. The minimum absolute atomic E-state index is 0.123. The number of hydrogen-bond acceptors (Lipinski definition) is 3. The van der Waals surface area contributed by atoms with Crippen LogP contribution in [0.25, 0.3) is 0 Å². The highest BCUT2D eigenvalue weighted by molar-refractivity contribution is 5.91. The van der Waals surface area contributed by atoms with Crippen molar-refractivity contribution in [1.82, 2.24) is 0 Å². The summed E-state index contributed by atoms with van der Waals surface area (Å²) >= 11 is 0. The van der Waals surface area contributed by atoms with E-state index in [0.717, 1.165) is 32.1 Å². The summed E-state index contributed by atoms with van der Waals surface area (Å²) in [7, 11) is 0. The SMILES string of the molecule is C[C@]12C=CC(=O)C[C@H]1CC[C@@H]1[C@@H]2CC[C@@]2(C)[C@H]1C[C@H](O)[C@]2(C)O. The fraction of sp³-hybridized carbons (Fsp3) is 0.850. The van der Waals surface area contributed by atoms with Gasteiger partial charge in [0.25, 0.3) is 0 Å². The molecule has 2 N–H and O–H groups in total. The third-order valence-corrected chi connectivity index (χ3v) is 8.71. The number of hydrogen-bond donors (Lipinski definition) is 2. The van der Waals surface area contributed by atoms with Gasteiger partial charge >= 0.3 is 0 Å². The number of allylic oxidation sites excluding steroid dienone is 2. The Morgan fingerprint density at radius 2 is 1.87 bits per heavy atom. The second-order valence-corrected chi connectivity index (χ2v) is 9.38. The van der Waals surface area contributed by atoms with Crippen molar-refractivity contribution in [2.75, 3.05) is 0 Å². The molecule has 0 aromatic carbocycles. The zero-order valence-corrected chi connectivity index (χ0v) is 14.6. The Kier molecular flexibility index (Phi) is 3.23. The Morgan fingerprint density at radius 3 is 2.61 bits per heavy atom. The number of rotatable bonds is 0. The lowest BCUT2D eigenvalue weighted by atomic mass is 9.45. The Hall–Kier alpha value is -0.670. The maximum atomic E-state index is 11.8. The fourth-order valence-electron chi connectivity index (χ4n) is 6.87. The molecule has 0 spiro atoms. The van der Waals surface area contributed by atoms with Crippen LogP contribution in [0.3, 0.4) is 0 Å². The van der Waals surface area contributed by atoms with E-state index in [9.17, 15) is 15.0 Å². The van der Waals surface area contributed by atoms with Gasteiger partial charge < -0.3 is 10.2 Å². The number of carbonyl (C=O) groups excluding carboxylic acids is 1. The van der Waals surface area contributed by atoms with Crippen LogP contribution >= 0.6 is 0 Å². The van der Waals surface area contributed by atoms with Gasteiger partial charge in [0, 0.05) is 11.8 Å². The van der Waals surface area contributed by atoms with Crippen LogP contribution in [-0.4, -0.2) is 27.7 Å². The van der Waals surface area contributed by atoms with Crippen LogP contribution in [0.4, 0.5) is 0 Å². The summed E-state index contributed by atoms with van der Waals surface area (Å²) in [5, 5.41) is 21.4. The van der Waals surface area contributed by atoms with E-state index in [1.54, 1.807) is 0 Å². The maximum Gasteiger partial charge on any atom is 0.155 e. The van der Waals surface area contributed by atoms with Gasteiger partial charge in [-0.25, -0.2) is 0 Å². The fourth-order valence-corrected chi connectivity index (χ4v) is 6.87. The van der Waals surface area contributed by atoms with Gasteiger partial charge in [0.15, 0.2) is 5.78 Å². The largest absolute Gasteiger partial charge is 0.390 e. The molecule has 0 heterocycles. The van der Waals surface area contributed by atoms with Crippen molar-refractivity contribution >= 4 is 5.78 Å². The van der Waals surface area contributed by atoms with Gasteiger partial charge in [-0.1, -0.05) is 19.9 Å². The molecule has 4 rings (SSSR count). The molecule has 3 saturated carbocycles. The van der Waals surface area contributed by atoms with Crippen molar-refractivity contribution in [2.24, 2.45) is 34.5 Å². The monoisotopic (exact) mass is 318 g/mol. The number of carbonyl (C=O) groups is 1. The van der Waals surface area contributed by atoms with E-state index in [-0.39, 0.29) is 16.6 Å². The Bertz CT molecular complexity index is 565. The highest BCUT2D eigenvalue weighted by Crippen LogP contribution is 2.67. The molecule has 3 nitrogen and oxygen atoms in total. The van der Waals surface area contributed by atoms with E-state index in [0.29, 0.717) is 30.1 Å². The van der Waals surface area contributed by atoms with Crippen molar-refractivity contribution < 1.29 is 15.0 Å². The highest BCUT2D eigenvalue weighted by atomic mass is 16.3. The first-order valence-corrected chi connectivity index (χ1v) is 9.32. The van der Waals surface area contributed by atoms with Crippen LogP contribution in [0, 0.1) is 34.5 Å². The first kappa shape index (κ1) is 15.8. The minimum atomic E-state index is -0.973. The zero-order chi connectivity index (χ0) is 16.6. The summed E-state index contributed by atoms with van der Waals surface area (Å²) in [5.41, 5.74) is -1.03. The second-order valence-electron chi connectivity index (χ2n) is 9.38. The van der Waals surface area contributed by atoms with E-state index in [2.05, 4.69) is 19.9 Å². The molecule has 23 heavy (non-hydrogen) atoms. The topological polar surface area (TPSA) is 57.5 Å². The molecule has 0 aromatic rings. The highest BCUT2D eigenvalue weighted by Gasteiger charge is 2.65. The van der Waals surface area contributed by atoms with E-state index in [1.165, 1.54) is 0 Å². The lowest BCUT2D eigenvalue weighted by Crippen LogP contribution is -2.56. The number of fused-ring (bicyclic) bond motifs is 5. The van der Waals surface area contributed by atoms with Gasteiger partial charge in [-0.05, 0) is 74.2 Å². The van der Waals surface area contributed by atoms with Crippen LogP contribution in [0.2, 0.25) is 0 Å². The van der Waals surface area contributed by atoms with Gasteiger partial charge in [-0.2, -0.15) is 0 Å². The smallest absolute Gasteiger partial charge is 0.155 e. The Balaban J connectivity index is 1.70. The maximum absolute atomic E-state index is 11.8. The first-order valence-electron chi connectivity index (χ1n) is 9.32. The average Bonchev–Trinajstić information content (AvgIpc) is 2.67. The predicted molar refractivity (Wildman–Crippen MR) is 88.7 cm³/mol. The Labute approximate surface area is 139 Å². The molecule has 0 radical (unpaired) electrons. The normalized spacial score (nSPS) is 58.5. The van der Waals surface area contributed by atoms with Crippen LogP contribution < -0.4 is 0 Å². The van der Waals surface area contributed by atoms with Crippen molar-refractivity contribution in [3.8, 4) is 0 Å². The van der Waals surface area contributed by atoms with Crippen LogP contribution in [0.1, 0.15) is 59.3 Å². The number of ketones is 1. The van der Waals surface area contributed by atoms with E-state index in [4.69, 9.17) is 0 Å². The minimum Gasteiger partial charge on any atom is -0.390 e. The summed E-state index contributed by atoms with van der Waals surface area (Å²) in [5.74, 6) is 2.32. The third kappa shape index (κ3) is 1.87. The summed E-state index contributed by atoms with van der Waals surface area (Å²) in [6.45, 7) is 6.38. The summed E-state index contributed by atoms with van der Waals surface area (Å²) in [6.07, 6.45) is 9.18. The zero-order valence-electron chi connectivity index (χ0n) is 14.6. The molecule has 0 aliphatic heterocycles. The standard InChI is InChI=1S/C20H30O3/c1-18-8-6-13(21)10-12(18)4-5-14-15(18)7-9-19(2)16(14)11-17(22)20(19,3)23/h6,8,12,14-17,22-23H,4-5,7,9-11H2,1-3H3/t12-,14-,15+,16+,17+,18+,19+,20+/m1/s1. The number of aliphatic hydroxyl groups excluding tert-OH is 1. The molecule has 0 saturated heterocycles. The van der Waals surface area contributed by atoms with Gasteiger partial charge in [-0.3, -0.25) is 4.79 Å². The van der Waals surface area contributed by atoms with E-state index in [1.807, 2.05) is 13.0 Å². The molecule has 0 unspecified atom stereocenters. The van der Waals surface area contributed by atoms with E-state index >= 15 is 0 Å². The predicted octanol–water partition coefficient (Wildman–Crippen LogP) is 3.10. The van der Waals surface area contributed by atoms with Gasteiger partial charge in [0.1, 0.15) is 0 Å². The quantitative estimate of drug-likeness (QED) is 0.721. The molecule has 3 heteroatoms. The van der Waals surface area contributed by atoms with Gasteiger partial charge in [0.2, 0.25) is 0 Å². The third-order valence-electron chi connectivity index (χ3n) is 8.71. The molecule has 0 bridgehead atoms. The molecule has 0 aromatic heterocycles. The van der Waals surface area contributed by atoms with Crippen molar-refractivity contribution in [1.29, 1.82) is 0 Å². The van der Waals surface area contributed by atoms with Crippen molar-refractivity contribution in [3.63, 3.8) is 0 Å². The van der Waals surface area contributed by atoms with E-state index < -0.39 is 11.7 Å². The van der Waals surface area contributed by atoms with Crippen LogP contribution in [0.15, 0.2) is 12.2 Å². The van der Waals surface area contributed by atoms with Crippen LogP contribution in [-0.2, 0) is 4.79 Å². The molecule has 4 aliphatic carbocycles. The second kappa shape index (κ2) is 4.70. The van der Waals surface area contributed by atoms with Crippen molar-refractivity contribution in [3.05, 3.63) is 12.2 Å². The van der Waals surface area contributed by atoms with Crippen molar-refractivity contribution in [2.45, 2.75) is 71.0 Å². The summed E-state index contributed by atoms with van der Waals surface area (Å²) in [4.78, 5) is 11.8. The van der Waals surface area contributed by atoms with Gasteiger partial charge in [-0.15, -0.1) is 0 Å². The molecule has 8 atom stereocenters. The lowest BCUT2D eigenvalue weighted by Gasteiger charge is -2.59. The molecular weight excluding hydrogens is 288 g/mol. The average molecular weight is 318 g/mol.